The Kier molecular flexibility index (Phi) is 6.26. The van der Waals surface area contributed by atoms with Gasteiger partial charge in [0.25, 0.3) is 5.56 Å². The molecular formula is C21H26N4O3. The predicted octanol–water partition coefficient (Wildman–Crippen LogP) is 2.35. The van der Waals surface area contributed by atoms with Gasteiger partial charge in [-0.1, -0.05) is 18.2 Å². The monoisotopic (exact) mass is 382 g/mol. The van der Waals surface area contributed by atoms with E-state index >= 15 is 0 Å². The third-order valence-electron chi connectivity index (χ3n) is 4.92. The van der Waals surface area contributed by atoms with Gasteiger partial charge in [-0.15, -0.1) is 0 Å². The maximum atomic E-state index is 13.0. The number of carbonyl (C=O) groups is 1. The van der Waals surface area contributed by atoms with Gasteiger partial charge in [0.15, 0.2) is 5.65 Å². The van der Waals surface area contributed by atoms with Crippen LogP contribution in [-0.2, 0) is 16.1 Å². The van der Waals surface area contributed by atoms with Crippen molar-refractivity contribution in [3.8, 4) is 5.69 Å². The maximum Gasteiger partial charge on any atom is 0.263 e. The van der Waals surface area contributed by atoms with Crippen molar-refractivity contribution < 1.29 is 9.53 Å². The number of para-hydroxylation sites is 1. The van der Waals surface area contributed by atoms with Crippen LogP contribution in [0.3, 0.4) is 0 Å². The first-order valence-electron chi connectivity index (χ1n) is 9.42. The summed E-state index contributed by atoms with van der Waals surface area (Å²) in [7, 11) is 1.63. The van der Waals surface area contributed by atoms with Crippen LogP contribution in [0.15, 0.2) is 41.5 Å². The van der Waals surface area contributed by atoms with Crippen molar-refractivity contribution in [1.82, 2.24) is 19.4 Å². The number of amides is 1. The van der Waals surface area contributed by atoms with Crippen molar-refractivity contribution in [2.24, 2.45) is 0 Å². The average molecular weight is 382 g/mol. The van der Waals surface area contributed by atoms with E-state index in [0.717, 1.165) is 23.4 Å². The number of carbonyl (C=O) groups excluding carboxylic acids is 1. The number of methoxy groups -OCH3 is 1. The Balaban J connectivity index is 1.83. The van der Waals surface area contributed by atoms with Crippen LogP contribution < -0.4 is 10.9 Å². The van der Waals surface area contributed by atoms with E-state index in [1.165, 1.54) is 10.9 Å². The molecule has 0 unspecified atom stereocenters. The number of ether oxygens (including phenoxy) is 1. The van der Waals surface area contributed by atoms with E-state index in [1.807, 2.05) is 48.7 Å². The number of benzene rings is 1. The van der Waals surface area contributed by atoms with Crippen LogP contribution in [0.4, 0.5) is 0 Å². The number of aromatic nitrogens is 3. The lowest BCUT2D eigenvalue weighted by molar-refractivity contribution is -0.121. The zero-order valence-electron chi connectivity index (χ0n) is 16.6. The summed E-state index contributed by atoms with van der Waals surface area (Å²) in [5, 5.41) is 3.43. The minimum absolute atomic E-state index is 0.0853. The molecular weight excluding hydrogens is 356 g/mol. The third-order valence-corrected chi connectivity index (χ3v) is 4.92. The third kappa shape index (κ3) is 3.99. The number of hydrogen-bond donors (Lipinski definition) is 1. The van der Waals surface area contributed by atoms with Crippen molar-refractivity contribution in [1.29, 1.82) is 0 Å². The number of rotatable bonds is 8. The summed E-state index contributed by atoms with van der Waals surface area (Å²) in [5.74, 6) is -0.0853. The van der Waals surface area contributed by atoms with Crippen molar-refractivity contribution in [3.05, 3.63) is 58.3 Å². The molecule has 2 aromatic heterocycles. The van der Waals surface area contributed by atoms with Gasteiger partial charge < -0.3 is 10.1 Å². The number of fused-ring (bicyclic) bond motifs is 1. The Morgan fingerprint density at radius 1 is 1.21 bits per heavy atom. The summed E-state index contributed by atoms with van der Waals surface area (Å²) >= 11 is 0. The van der Waals surface area contributed by atoms with Gasteiger partial charge in [-0.25, -0.2) is 4.98 Å². The molecule has 0 aliphatic heterocycles. The molecule has 7 heteroatoms. The number of hydrogen-bond acceptors (Lipinski definition) is 4. The van der Waals surface area contributed by atoms with Crippen LogP contribution in [0.5, 0.6) is 0 Å². The lowest BCUT2D eigenvalue weighted by atomic mass is 10.2. The second-order valence-corrected chi connectivity index (χ2v) is 6.77. The van der Waals surface area contributed by atoms with Gasteiger partial charge in [-0.2, -0.15) is 0 Å². The smallest absolute Gasteiger partial charge is 0.263 e. The van der Waals surface area contributed by atoms with E-state index in [0.29, 0.717) is 30.7 Å². The summed E-state index contributed by atoms with van der Waals surface area (Å²) in [6.45, 7) is 5.40. The van der Waals surface area contributed by atoms with Crippen LogP contribution in [0.2, 0.25) is 0 Å². The summed E-state index contributed by atoms with van der Waals surface area (Å²) in [4.78, 5) is 29.5. The quantitative estimate of drug-likeness (QED) is 0.607. The minimum atomic E-state index is -0.118. The Labute approximate surface area is 164 Å². The Bertz CT molecular complexity index is 1020. The molecule has 28 heavy (non-hydrogen) atoms. The van der Waals surface area contributed by atoms with Crippen LogP contribution >= 0.6 is 0 Å². The highest BCUT2D eigenvalue weighted by Crippen LogP contribution is 2.24. The molecule has 0 bridgehead atoms. The molecule has 0 spiro atoms. The number of nitrogens with zero attached hydrogens (tertiary/aromatic N) is 3. The summed E-state index contributed by atoms with van der Waals surface area (Å²) < 4.78 is 8.47. The van der Waals surface area contributed by atoms with E-state index in [-0.39, 0.29) is 17.9 Å². The number of nitrogens with one attached hydrogen (secondary N) is 1. The molecule has 2 heterocycles. The standard InChI is InChI=1S/C21H26N4O3/c1-15-16(2)25(17-8-5-4-6-9-17)20-19(15)21(27)24(14-23-20)12-10-18(26)22-11-7-13-28-3/h4-6,8-9,14H,7,10-13H2,1-3H3,(H,22,26). The second kappa shape index (κ2) is 8.84. The molecule has 0 fully saturated rings. The van der Waals surface area contributed by atoms with E-state index in [1.54, 1.807) is 7.11 Å². The van der Waals surface area contributed by atoms with Gasteiger partial charge in [0.1, 0.15) is 0 Å². The molecule has 0 aliphatic rings. The SMILES string of the molecule is COCCCNC(=O)CCn1cnc2c(c(C)c(C)n2-c2ccccc2)c1=O. The van der Waals surface area contributed by atoms with Crippen LogP contribution in [0, 0.1) is 13.8 Å². The topological polar surface area (TPSA) is 78.2 Å². The van der Waals surface area contributed by atoms with Gasteiger partial charge in [0.2, 0.25) is 5.91 Å². The molecule has 0 aliphatic carbocycles. The fourth-order valence-corrected chi connectivity index (χ4v) is 3.29. The van der Waals surface area contributed by atoms with E-state index in [9.17, 15) is 9.59 Å². The first-order valence-corrected chi connectivity index (χ1v) is 9.42. The van der Waals surface area contributed by atoms with Crippen molar-refractivity contribution in [3.63, 3.8) is 0 Å². The fourth-order valence-electron chi connectivity index (χ4n) is 3.29. The van der Waals surface area contributed by atoms with Gasteiger partial charge in [-0.3, -0.25) is 18.7 Å². The number of aryl methyl sites for hydroxylation is 2. The van der Waals surface area contributed by atoms with Crippen LogP contribution in [0.1, 0.15) is 24.1 Å². The Hall–Kier alpha value is -2.93. The lowest BCUT2D eigenvalue weighted by Crippen LogP contribution is -2.28. The molecule has 0 saturated carbocycles. The summed E-state index contributed by atoms with van der Waals surface area (Å²) in [6.07, 6.45) is 2.53. The van der Waals surface area contributed by atoms with Gasteiger partial charge >= 0.3 is 0 Å². The zero-order valence-corrected chi connectivity index (χ0v) is 16.6. The summed E-state index contributed by atoms with van der Waals surface area (Å²) in [6, 6.07) is 9.86. The van der Waals surface area contributed by atoms with Crippen LogP contribution in [0.25, 0.3) is 16.7 Å². The first kappa shape index (κ1) is 19.8. The van der Waals surface area contributed by atoms with Gasteiger partial charge in [-0.05, 0) is 38.0 Å². The van der Waals surface area contributed by atoms with Gasteiger partial charge in [0, 0.05) is 44.6 Å². The lowest BCUT2D eigenvalue weighted by Gasteiger charge is -2.09. The minimum Gasteiger partial charge on any atom is -0.385 e. The highest BCUT2D eigenvalue weighted by atomic mass is 16.5. The molecule has 1 amide bonds. The van der Waals surface area contributed by atoms with Crippen molar-refractivity contribution in [2.75, 3.05) is 20.3 Å². The fraction of sp³-hybridized carbons (Fsp3) is 0.381. The van der Waals surface area contributed by atoms with E-state index in [2.05, 4.69) is 10.3 Å². The highest BCUT2D eigenvalue weighted by Gasteiger charge is 2.17. The van der Waals surface area contributed by atoms with Crippen molar-refractivity contribution >= 4 is 16.9 Å². The molecule has 7 nitrogen and oxygen atoms in total. The Morgan fingerprint density at radius 3 is 2.68 bits per heavy atom. The molecule has 3 rings (SSSR count). The predicted molar refractivity (Wildman–Crippen MR) is 109 cm³/mol. The molecule has 1 aromatic carbocycles. The first-order chi connectivity index (χ1) is 13.5. The second-order valence-electron chi connectivity index (χ2n) is 6.77. The summed E-state index contributed by atoms with van der Waals surface area (Å²) in [5.41, 5.74) is 3.39. The molecule has 0 radical (unpaired) electrons. The van der Waals surface area contributed by atoms with E-state index < -0.39 is 0 Å². The Morgan fingerprint density at radius 2 is 1.96 bits per heavy atom. The molecule has 0 atom stereocenters. The van der Waals surface area contributed by atoms with E-state index in [4.69, 9.17) is 4.74 Å². The normalized spacial score (nSPS) is 11.1. The zero-order chi connectivity index (χ0) is 20.1. The molecule has 1 N–H and O–H groups in total. The molecule has 148 valence electrons. The van der Waals surface area contributed by atoms with Crippen molar-refractivity contribution in [2.45, 2.75) is 33.2 Å². The largest absolute Gasteiger partial charge is 0.385 e. The van der Waals surface area contributed by atoms with Crippen LogP contribution in [-0.4, -0.2) is 40.3 Å². The molecule has 3 aromatic rings. The maximum absolute atomic E-state index is 13.0. The highest BCUT2D eigenvalue weighted by molar-refractivity contribution is 5.83. The van der Waals surface area contributed by atoms with Gasteiger partial charge in [0.05, 0.1) is 11.7 Å². The average Bonchev–Trinajstić information content (AvgIpc) is 2.96. The molecule has 0 saturated heterocycles.